The maximum Gasteiger partial charge on any atom is 0.389 e. The van der Waals surface area contributed by atoms with Crippen LogP contribution in [0.2, 0.25) is 0 Å². The number of methoxy groups -OCH3 is 1. The van der Waals surface area contributed by atoms with Crippen molar-refractivity contribution >= 4 is 28.6 Å². The molecule has 0 spiro atoms. The predicted molar refractivity (Wildman–Crippen MR) is 151 cm³/mol. The lowest BCUT2D eigenvalue weighted by Crippen LogP contribution is -2.20. The standard InChI is InChI=1S/C21H29F3N2OS.C9H12O/c1-6-8-18(14(2)27)28-15-9-10-17-16(13-15)25-19(20(3,4)5)26(17)12-7-11-21(22,23)24;1-3-8-6-4-5-7-9(8)10-2/h9-10,13,18H,6-8,11-12H2,1-5H3;4-7H,3H2,1-2H3. The van der Waals surface area contributed by atoms with Crippen LogP contribution in [0.1, 0.15) is 78.6 Å². The third-order valence-corrected chi connectivity index (χ3v) is 7.47. The van der Waals surface area contributed by atoms with Crippen molar-refractivity contribution in [1.82, 2.24) is 9.55 Å². The summed E-state index contributed by atoms with van der Waals surface area (Å²) in [5, 5.41) is -0.0848. The van der Waals surface area contributed by atoms with Gasteiger partial charge in [0, 0.05) is 23.3 Å². The molecular formula is C30H41F3N2O2S. The van der Waals surface area contributed by atoms with E-state index in [-0.39, 0.29) is 29.4 Å². The van der Waals surface area contributed by atoms with E-state index in [9.17, 15) is 18.0 Å². The summed E-state index contributed by atoms with van der Waals surface area (Å²) in [7, 11) is 1.70. The molecule has 4 nitrogen and oxygen atoms in total. The van der Waals surface area contributed by atoms with E-state index in [1.807, 2.05) is 61.7 Å². The number of ketones is 1. The van der Waals surface area contributed by atoms with E-state index >= 15 is 0 Å². The van der Waals surface area contributed by atoms with Crippen molar-refractivity contribution in [2.24, 2.45) is 0 Å². The van der Waals surface area contributed by atoms with Crippen molar-refractivity contribution in [1.29, 1.82) is 0 Å². The van der Waals surface area contributed by atoms with Crippen LogP contribution in [0.4, 0.5) is 13.2 Å². The SMILES string of the molecule is CCCC(Sc1ccc2c(c1)nc(C(C)(C)C)n2CCCC(F)(F)F)C(C)=O.CCc1ccccc1OC. The molecule has 1 unspecified atom stereocenters. The van der Waals surface area contributed by atoms with Gasteiger partial charge in [-0.25, -0.2) is 4.98 Å². The average molecular weight is 551 g/mol. The summed E-state index contributed by atoms with van der Waals surface area (Å²) in [5.41, 5.74) is 2.59. The van der Waals surface area contributed by atoms with Crippen LogP contribution in [0.25, 0.3) is 11.0 Å². The third-order valence-electron chi connectivity index (χ3n) is 6.09. The molecule has 0 saturated heterocycles. The zero-order valence-electron chi connectivity index (χ0n) is 23.6. The number of benzene rings is 2. The van der Waals surface area contributed by atoms with Crippen LogP contribution in [-0.4, -0.2) is 33.9 Å². The summed E-state index contributed by atoms with van der Waals surface area (Å²) in [6.45, 7) is 12.1. The van der Waals surface area contributed by atoms with Gasteiger partial charge in [0.2, 0.25) is 0 Å². The van der Waals surface area contributed by atoms with E-state index in [1.54, 1.807) is 14.0 Å². The number of imidazole rings is 1. The zero-order valence-corrected chi connectivity index (χ0v) is 24.4. The molecule has 0 bridgehead atoms. The summed E-state index contributed by atoms with van der Waals surface area (Å²) in [6.07, 6.45) is -2.15. The highest BCUT2D eigenvalue weighted by Crippen LogP contribution is 2.33. The fourth-order valence-electron chi connectivity index (χ4n) is 4.19. The van der Waals surface area contributed by atoms with Crippen LogP contribution in [0.15, 0.2) is 47.4 Å². The van der Waals surface area contributed by atoms with Gasteiger partial charge in [-0.1, -0.05) is 59.2 Å². The Bertz CT molecular complexity index is 1160. The number of carbonyl (C=O) groups excluding carboxylic acids is 1. The highest BCUT2D eigenvalue weighted by atomic mass is 32.2. The zero-order chi connectivity index (χ0) is 28.5. The number of aryl methyl sites for hydroxylation is 2. The minimum Gasteiger partial charge on any atom is -0.496 e. The second kappa shape index (κ2) is 14.1. The number of Topliss-reactive ketones (excluding diaryl/α,β-unsaturated/α-hetero) is 1. The van der Waals surface area contributed by atoms with E-state index in [0.717, 1.165) is 46.8 Å². The van der Waals surface area contributed by atoms with Gasteiger partial charge in [-0.2, -0.15) is 13.2 Å². The smallest absolute Gasteiger partial charge is 0.389 e. The molecule has 0 aliphatic heterocycles. The quantitative estimate of drug-likeness (QED) is 0.237. The Balaban J connectivity index is 0.000000423. The van der Waals surface area contributed by atoms with Gasteiger partial charge < -0.3 is 9.30 Å². The molecule has 210 valence electrons. The van der Waals surface area contributed by atoms with E-state index in [0.29, 0.717) is 0 Å². The lowest BCUT2D eigenvalue weighted by atomic mass is 9.95. The summed E-state index contributed by atoms with van der Waals surface area (Å²) in [4.78, 5) is 17.6. The van der Waals surface area contributed by atoms with Crippen LogP contribution >= 0.6 is 11.8 Å². The van der Waals surface area contributed by atoms with Gasteiger partial charge in [-0.05, 0) is 56.0 Å². The molecule has 1 atom stereocenters. The fourth-order valence-corrected chi connectivity index (χ4v) is 5.36. The highest BCUT2D eigenvalue weighted by Gasteiger charge is 2.28. The van der Waals surface area contributed by atoms with Crippen LogP contribution < -0.4 is 4.74 Å². The molecule has 1 aromatic heterocycles. The number of nitrogens with zero attached hydrogens (tertiary/aromatic N) is 2. The molecule has 0 radical (unpaired) electrons. The van der Waals surface area contributed by atoms with Gasteiger partial charge in [0.1, 0.15) is 17.4 Å². The molecule has 38 heavy (non-hydrogen) atoms. The van der Waals surface area contributed by atoms with Crippen molar-refractivity contribution in [3.8, 4) is 5.75 Å². The van der Waals surface area contributed by atoms with E-state index in [2.05, 4.69) is 19.9 Å². The van der Waals surface area contributed by atoms with Crippen molar-refractivity contribution in [2.75, 3.05) is 7.11 Å². The van der Waals surface area contributed by atoms with Gasteiger partial charge in [0.25, 0.3) is 0 Å². The average Bonchev–Trinajstić information content (AvgIpc) is 3.21. The number of alkyl halides is 3. The Labute approximate surface area is 229 Å². The normalized spacial score (nSPS) is 12.7. The van der Waals surface area contributed by atoms with Gasteiger partial charge in [-0.3, -0.25) is 4.79 Å². The molecule has 0 fully saturated rings. The maximum absolute atomic E-state index is 12.6. The van der Waals surface area contributed by atoms with Crippen molar-refractivity contribution in [2.45, 2.75) is 102 Å². The van der Waals surface area contributed by atoms with E-state index < -0.39 is 12.6 Å². The number of thioether (sulfide) groups is 1. The molecular weight excluding hydrogens is 509 g/mol. The molecule has 0 amide bonds. The van der Waals surface area contributed by atoms with E-state index in [1.165, 1.54) is 17.3 Å². The fraction of sp³-hybridized carbons (Fsp3) is 0.533. The lowest BCUT2D eigenvalue weighted by Gasteiger charge is -2.20. The van der Waals surface area contributed by atoms with Crippen LogP contribution in [0.5, 0.6) is 5.75 Å². The summed E-state index contributed by atoms with van der Waals surface area (Å²) in [5.74, 6) is 1.92. The minimum atomic E-state index is -4.15. The monoisotopic (exact) mass is 550 g/mol. The summed E-state index contributed by atoms with van der Waals surface area (Å²) in [6, 6.07) is 13.9. The molecule has 0 saturated carbocycles. The second-order valence-corrected chi connectivity index (χ2v) is 11.7. The van der Waals surface area contributed by atoms with Gasteiger partial charge in [0.15, 0.2) is 0 Å². The Morgan fingerprint density at radius 3 is 2.32 bits per heavy atom. The van der Waals surface area contributed by atoms with Gasteiger partial charge in [0.05, 0.1) is 23.4 Å². The summed E-state index contributed by atoms with van der Waals surface area (Å²) < 4.78 is 44.8. The number of rotatable bonds is 10. The molecule has 3 aromatic rings. The second-order valence-electron chi connectivity index (χ2n) is 10.4. The molecule has 0 N–H and O–H groups in total. The van der Waals surface area contributed by atoms with Crippen molar-refractivity contribution in [3.63, 3.8) is 0 Å². The third kappa shape index (κ3) is 9.37. The van der Waals surface area contributed by atoms with Gasteiger partial charge in [-0.15, -0.1) is 11.8 Å². The Morgan fingerprint density at radius 2 is 1.79 bits per heavy atom. The largest absolute Gasteiger partial charge is 0.496 e. The number of carbonyl (C=O) groups is 1. The topological polar surface area (TPSA) is 44.1 Å². The molecule has 3 rings (SSSR count). The number of hydrogen-bond acceptors (Lipinski definition) is 4. The predicted octanol–water partition coefficient (Wildman–Crippen LogP) is 8.78. The Kier molecular flexibility index (Phi) is 11.7. The number of hydrogen-bond donors (Lipinski definition) is 0. The molecule has 2 aromatic carbocycles. The number of halogens is 3. The Hall–Kier alpha value is -2.48. The van der Waals surface area contributed by atoms with Crippen LogP contribution in [0, 0.1) is 0 Å². The first kappa shape index (κ1) is 31.7. The Morgan fingerprint density at radius 1 is 1.11 bits per heavy atom. The first-order chi connectivity index (χ1) is 17.8. The molecule has 1 heterocycles. The first-order valence-corrected chi connectivity index (χ1v) is 14.0. The molecule has 8 heteroatoms. The van der Waals surface area contributed by atoms with Crippen molar-refractivity contribution < 1.29 is 22.7 Å². The number of fused-ring (bicyclic) bond motifs is 1. The lowest BCUT2D eigenvalue weighted by molar-refractivity contribution is -0.135. The molecule has 0 aliphatic carbocycles. The van der Waals surface area contributed by atoms with E-state index in [4.69, 9.17) is 9.72 Å². The maximum atomic E-state index is 12.6. The van der Waals surface area contributed by atoms with Crippen LogP contribution in [0.3, 0.4) is 0 Å². The number of para-hydroxylation sites is 1. The minimum absolute atomic E-state index is 0.0253. The van der Waals surface area contributed by atoms with Crippen molar-refractivity contribution in [3.05, 3.63) is 53.9 Å². The van der Waals surface area contributed by atoms with Gasteiger partial charge >= 0.3 is 6.18 Å². The first-order valence-electron chi connectivity index (χ1n) is 13.2. The van der Waals surface area contributed by atoms with Crippen LogP contribution in [-0.2, 0) is 23.2 Å². The summed E-state index contributed by atoms with van der Waals surface area (Å²) >= 11 is 1.53. The number of ether oxygens (including phenoxy) is 1. The molecule has 0 aliphatic rings. The number of aromatic nitrogens is 2. The highest BCUT2D eigenvalue weighted by molar-refractivity contribution is 8.00.